The summed E-state index contributed by atoms with van der Waals surface area (Å²) < 4.78 is 13.0. The molecule has 0 radical (unpaired) electrons. The lowest BCUT2D eigenvalue weighted by molar-refractivity contribution is -0.127. The molecule has 9 heteroatoms. The molecule has 0 spiro atoms. The zero-order valence-electron chi connectivity index (χ0n) is 18.3. The van der Waals surface area contributed by atoms with E-state index in [1.54, 1.807) is 26.2 Å². The van der Waals surface area contributed by atoms with Crippen LogP contribution >= 0.6 is 0 Å². The van der Waals surface area contributed by atoms with Crippen LogP contribution in [0.1, 0.15) is 11.1 Å². The predicted molar refractivity (Wildman–Crippen MR) is 117 cm³/mol. The molecule has 1 aromatic carbocycles. The Morgan fingerprint density at radius 1 is 1.03 bits per heavy atom. The van der Waals surface area contributed by atoms with Gasteiger partial charge in [0.15, 0.2) is 11.5 Å². The Labute approximate surface area is 180 Å². The molecule has 1 fully saturated rings. The van der Waals surface area contributed by atoms with E-state index >= 15 is 0 Å². The predicted octanol–water partition coefficient (Wildman–Crippen LogP) is 0.459. The molecule has 1 aromatic heterocycles. The Hall–Kier alpha value is -3.33. The lowest BCUT2D eigenvalue weighted by atomic mass is 10.1. The van der Waals surface area contributed by atoms with Crippen molar-refractivity contribution < 1.29 is 14.3 Å². The number of carbonyl (C=O) groups is 1. The van der Waals surface area contributed by atoms with Crippen molar-refractivity contribution in [3.63, 3.8) is 0 Å². The van der Waals surface area contributed by atoms with E-state index in [0.29, 0.717) is 30.2 Å². The van der Waals surface area contributed by atoms with E-state index in [1.807, 2.05) is 18.2 Å². The van der Waals surface area contributed by atoms with E-state index in [1.165, 1.54) is 30.0 Å². The maximum absolute atomic E-state index is 12.6. The first kappa shape index (κ1) is 22.4. The summed E-state index contributed by atoms with van der Waals surface area (Å²) in [6.07, 6.45) is 4.31. The number of ether oxygens (including phenoxy) is 2. The van der Waals surface area contributed by atoms with E-state index in [-0.39, 0.29) is 5.91 Å². The number of rotatable bonds is 6. The highest BCUT2D eigenvalue weighted by molar-refractivity contribution is 5.91. The van der Waals surface area contributed by atoms with E-state index in [0.717, 1.165) is 29.8 Å². The van der Waals surface area contributed by atoms with Crippen molar-refractivity contribution in [2.45, 2.75) is 6.54 Å². The van der Waals surface area contributed by atoms with Crippen LogP contribution in [0, 0.1) is 0 Å². The summed E-state index contributed by atoms with van der Waals surface area (Å²) in [4.78, 5) is 40.5. The highest BCUT2D eigenvalue weighted by Crippen LogP contribution is 2.28. The molecule has 0 saturated carbocycles. The molecule has 3 rings (SSSR count). The second-order valence-electron chi connectivity index (χ2n) is 7.47. The van der Waals surface area contributed by atoms with Crippen LogP contribution in [0.25, 0.3) is 6.08 Å². The topological polar surface area (TPSA) is 86.0 Å². The van der Waals surface area contributed by atoms with Crippen LogP contribution in [0.5, 0.6) is 11.5 Å². The molecular formula is C22H28N4O5. The molecule has 31 heavy (non-hydrogen) atoms. The number of aryl methyl sites for hydroxylation is 1. The maximum atomic E-state index is 12.6. The SMILES string of the molecule is COc1ccc(CN2CCN(C(=O)/C=C/c3cn(C)c(=O)n(C)c3=O)CC2)cc1OC. The molecule has 1 amide bonds. The largest absolute Gasteiger partial charge is 0.493 e. The highest BCUT2D eigenvalue weighted by Gasteiger charge is 2.20. The van der Waals surface area contributed by atoms with Crippen molar-refractivity contribution in [3.05, 3.63) is 62.4 Å². The third kappa shape index (κ3) is 5.05. The number of aromatic nitrogens is 2. The second-order valence-corrected chi connectivity index (χ2v) is 7.47. The Morgan fingerprint density at radius 3 is 2.35 bits per heavy atom. The van der Waals surface area contributed by atoms with Gasteiger partial charge in [0.2, 0.25) is 5.91 Å². The van der Waals surface area contributed by atoms with Gasteiger partial charge in [0.05, 0.1) is 19.8 Å². The minimum absolute atomic E-state index is 0.151. The van der Waals surface area contributed by atoms with Gasteiger partial charge in [0.1, 0.15) is 0 Å². The molecule has 2 aromatic rings. The van der Waals surface area contributed by atoms with Gasteiger partial charge >= 0.3 is 5.69 Å². The Morgan fingerprint density at radius 2 is 1.71 bits per heavy atom. The van der Waals surface area contributed by atoms with Gasteiger partial charge in [-0.05, 0) is 23.8 Å². The Bertz CT molecular complexity index is 1090. The summed E-state index contributed by atoms with van der Waals surface area (Å²) >= 11 is 0. The van der Waals surface area contributed by atoms with Gasteiger partial charge in [-0.2, -0.15) is 0 Å². The first-order valence-electron chi connectivity index (χ1n) is 10.0. The van der Waals surface area contributed by atoms with Crippen LogP contribution in [0.15, 0.2) is 40.1 Å². The molecule has 1 saturated heterocycles. The normalized spacial score (nSPS) is 14.8. The minimum Gasteiger partial charge on any atom is -0.493 e. The number of benzene rings is 1. The monoisotopic (exact) mass is 428 g/mol. The van der Waals surface area contributed by atoms with Crippen LogP contribution in [0.2, 0.25) is 0 Å². The fourth-order valence-corrected chi connectivity index (χ4v) is 3.58. The van der Waals surface area contributed by atoms with Crippen LogP contribution in [0.3, 0.4) is 0 Å². The maximum Gasteiger partial charge on any atom is 0.330 e. The zero-order chi connectivity index (χ0) is 22.5. The van der Waals surface area contributed by atoms with E-state index in [4.69, 9.17) is 9.47 Å². The zero-order valence-corrected chi connectivity index (χ0v) is 18.3. The summed E-state index contributed by atoms with van der Waals surface area (Å²) in [5.74, 6) is 1.24. The number of piperazine rings is 1. The first-order chi connectivity index (χ1) is 14.8. The number of methoxy groups -OCH3 is 2. The molecular weight excluding hydrogens is 400 g/mol. The third-order valence-electron chi connectivity index (χ3n) is 5.42. The van der Waals surface area contributed by atoms with E-state index in [9.17, 15) is 14.4 Å². The van der Waals surface area contributed by atoms with Crippen LogP contribution in [-0.4, -0.2) is 65.2 Å². The smallest absolute Gasteiger partial charge is 0.330 e. The molecule has 1 aliphatic heterocycles. The molecule has 0 unspecified atom stereocenters. The lowest BCUT2D eigenvalue weighted by Crippen LogP contribution is -2.47. The van der Waals surface area contributed by atoms with Gasteiger partial charge < -0.3 is 18.9 Å². The fourth-order valence-electron chi connectivity index (χ4n) is 3.58. The van der Waals surface area contributed by atoms with E-state index < -0.39 is 11.2 Å². The molecule has 0 aliphatic carbocycles. The molecule has 2 heterocycles. The van der Waals surface area contributed by atoms with Gasteiger partial charge in [0.25, 0.3) is 5.56 Å². The first-order valence-corrected chi connectivity index (χ1v) is 10.0. The highest BCUT2D eigenvalue weighted by atomic mass is 16.5. The lowest BCUT2D eigenvalue weighted by Gasteiger charge is -2.34. The molecule has 0 N–H and O–H groups in total. The van der Waals surface area contributed by atoms with Crippen molar-refractivity contribution in [1.29, 1.82) is 0 Å². The summed E-state index contributed by atoms with van der Waals surface area (Å²) in [6.45, 7) is 3.45. The summed E-state index contributed by atoms with van der Waals surface area (Å²) in [6, 6.07) is 5.87. The second kappa shape index (κ2) is 9.65. The molecule has 0 bridgehead atoms. The summed E-state index contributed by atoms with van der Waals surface area (Å²) in [5, 5.41) is 0. The molecule has 166 valence electrons. The molecule has 9 nitrogen and oxygen atoms in total. The van der Waals surface area contributed by atoms with Gasteiger partial charge in [0, 0.05) is 59.1 Å². The van der Waals surface area contributed by atoms with Gasteiger partial charge in [-0.1, -0.05) is 6.07 Å². The average molecular weight is 428 g/mol. The Balaban J connectivity index is 1.59. The van der Waals surface area contributed by atoms with Gasteiger partial charge in [-0.15, -0.1) is 0 Å². The van der Waals surface area contributed by atoms with Gasteiger partial charge in [-0.25, -0.2) is 4.79 Å². The number of hydrogen-bond acceptors (Lipinski definition) is 6. The summed E-state index contributed by atoms with van der Waals surface area (Å²) in [7, 11) is 6.21. The number of hydrogen-bond donors (Lipinski definition) is 0. The van der Waals surface area contributed by atoms with Crippen molar-refractivity contribution in [1.82, 2.24) is 18.9 Å². The van der Waals surface area contributed by atoms with Crippen LogP contribution in [0.4, 0.5) is 0 Å². The number of carbonyl (C=O) groups excluding carboxylic acids is 1. The molecule has 1 aliphatic rings. The van der Waals surface area contributed by atoms with Crippen molar-refractivity contribution in [2.75, 3.05) is 40.4 Å². The Kier molecular flexibility index (Phi) is 6.96. The van der Waals surface area contributed by atoms with Crippen LogP contribution in [-0.2, 0) is 25.4 Å². The number of nitrogens with zero attached hydrogens (tertiary/aromatic N) is 4. The standard InChI is InChI=1S/C22H28N4O5/c1-23-15-17(21(28)24(2)22(23)29)6-8-20(27)26-11-9-25(10-12-26)14-16-5-7-18(30-3)19(13-16)31-4/h5-8,13,15H,9-12,14H2,1-4H3/b8-6+. The van der Waals surface area contributed by atoms with Crippen molar-refractivity contribution in [3.8, 4) is 11.5 Å². The van der Waals surface area contributed by atoms with Crippen molar-refractivity contribution in [2.24, 2.45) is 14.1 Å². The van der Waals surface area contributed by atoms with Crippen LogP contribution < -0.4 is 20.7 Å². The van der Waals surface area contributed by atoms with E-state index in [2.05, 4.69) is 4.90 Å². The number of amides is 1. The quantitative estimate of drug-likeness (QED) is 0.622. The minimum atomic E-state index is -0.424. The van der Waals surface area contributed by atoms with Gasteiger partial charge in [-0.3, -0.25) is 19.1 Å². The fraction of sp³-hybridized carbons (Fsp3) is 0.409. The van der Waals surface area contributed by atoms with Crippen molar-refractivity contribution >= 4 is 12.0 Å². The average Bonchev–Trinajstić information content (AvgIpc) is 2.79. The third-order valence-corrected chi connectivity index (χ3v) is 5.42. The summed E-state index contributed by atoms with van der Waals surface area (Å²) in [5.41, 5.74) is 0.582. The molecule has 0 atom stereocenters.